The molecule has 18 heavy (non-hydrogen) atoms. The Kier molecular flexibility index (Phi) is 4.42. The van der Waals surface area contributed by atoms with Gasteiger partial charge >= 0.3 is 11.9 Å². The van der Waals surface area contributed by atoms with Crippen LogP contribution in [-0.2, 0) is 20.8 Å². The maximum atomic E-state index is 10.8. The van der Waals surface area contributed by atoms with Crippen LogP contribution in [0.5, 0.6) is 0 Å². The zero-order chi connectivity index (χ0) is 13.7. The zero-order valence-electron chi connectivity index (χ0n) is 9.71. The summed E-state index contributed by atoms with van der Waals surface area (Å²) < 4.78 is 0. The van der Waals surface area contributed by atoms with Crippen LogP contribution in [0.25, 0.3) is 0 Å². The van der Waals surface area contributed by atoms with E-state index in [0.29, 0.717) is 11.3 Å². The topological polar surface area (TPSA) is 104 Å². The molecule has 6 nitrogen and oxygen atoms in total. The smallest absolute Gasteiger partial charge is 0.318 e. The number of carbonyl (C=O) groups excluding carboxylic acids is 1. The number of rotatable bonds is 5. The maximum absolute atomic E-state index is 10.8. The SMILES string of the molecule is CC(=O)Nc1ccc(CC(C(=O)O)C(=O)O)cc1. The molecular formula is C12H13NO5. The molecule has 0 unspecified atom stereocenters. The van der Waals surface area contributed by atoms with Gasteiger partial charge in [-0.2, -0.15) is 0 Å². The van der Waals surface area contributed by atoms with Gasteiger partial charge < -0.3 is 15.5 Å². The predicted octanol–water partition coefficient (Wildman–Crippen LogP) is 0.973. The predicted molar refractivity (Wildman–Crippen MR) is 63.2 cm³/mol. The van der Waals surface area contributed by atoms with Gasteiger partial charge in [0.1, 0.15) is 0 Å². The molecule has 1 aromatic rings. The number of carbonyl (C=O) groups is 3. The largest absolute Gasteiger partial charge is 0.481 e. The van der Waals surface area contributed by atoms with Crippen LogP contribution in [0.2, 0.25) is 0 Å². The third-order valence-corrected chi connectivity index (χ3v) is 2.31. The molecule has 1 rings (SSSR count). The van der Waals surface area contributed by atoms with Gasteiger partial charge in [-0.05, 0) is 24.1 Å². The highest BCUT2D eigenvalue weighted by molar-refractivity contribution is 5.93. The summed E-state index contributed by atoms with van der Waals surface area (Å²) in [6.45, 7) is 1.37. The molecule has 0 fully saturated rings. The van der Waals surface area contributed by atoms with E-state index < -0.39 is 17.9 Å². The number of anilines is 1. The summed E-state index contributed by atoms with van der Waals surface area (Å²) in [5.41, 5.74) is 1.16. The molecule has 0 bridgehead atoms. The molecule has 0 aliphatic carbocycles. The summed E-state index contributed by atoms with van der Waals surface area (Å²) >= 11 is 0. The lowest BCUT2D eigenvalue weighted by atomic mass is 9.99. The molecule has 0 spiro atoms. The first-order valence-electron chi connectivity index (χ1n) is 5.22. The fourth-order valence-corrected chi connectivity index (χ4v) is 1.44. The molecule has 0 atom stereocenters. The summed E-state index contributed by atoms with van der Waals surface area (Å²) in [4.78, 5) is 32.2. The van der Waals surface area contributed by atoms with Crippen molar-refractivity contribution in [2.75, 3.05) is 5.32 Å². The molecule has 0 heterocycles. The van der Waals surface area contributed by atoms with Crippen LogP contribution in [0, 0.1) is 5.92 Å². The van der Waals surface area contributed by atoms with E-state index in [4.69, 9.17) is 10.2 Å². The Hall–Kier alpha value is -2.37. The number of aliphatic carboxylic acids is 2. The molecule has 1 amide bonds. The van der Waals surface area contributed by atoms with E-state index >= 15 is 0 Å². The number of benzene rings is 1. The monoisotopic (exact) mass is 251 g/mol. The van der Waals surface area contributed by atoms with Gasteiger partial charge in [-0.25, -0.2) is 0 Å². The molecule has 0 aliphatic heterocycles. The normalized spacial score (nSPS) is 10.1. The molecule has 96 valence electrons. The summed E-state index contributed by atoms with van der Waals surface area (Å²) in [5, 5.41) is 20.0. The van der Waals surface area contributed by atoms with Crippen molar-refractivity contribution >= 4 is 23.5 Å². The first-order valence-corrected chi connectivity index (χ1v) is 5.22. The number of carboxylic acids is 2. The highest BCUT2D eigenvalue weighted by Crippen LogP contribution is 2.14. The molecule has 3 N–H and O–H groups in total. The quantitative estimate of drug-likeness (QED) is 0.676. The fraction of sp³-hybridized carbons (Fsp3) is 0.250. The van der Waals surface area contributed by atoms with Gasteiger partial charge in [0.05, 0.1) is 0 Å². The summed E-state index contributed by atoms with van der Waals surface area (Å²) in [7, 11) is 0. The molecule has 0 radical (unpaired) electrons. The average molecular weight is 251 g/mol. The minimum absolute atomic E-state index is 0.0922. The van der Waals surface area contributed by atoms with Gasteiger partial charge in [0, 0.05) is 12.6 Å². The van der Waals surface area contributed by atoms with Crippen molar-refractivity contribution in [3.05, 3.63) is 29.8 Å². The van der Waals surface area contributed by atoms with Crippen molar-refractivity contribution in [2.24, 2.45) is 5.92 Å². The van der Waals surface area contributed by atoms with Crippen LogP contribution in [0.3, 0.4) is 0 Å². The van der Waals surface area contributed by atoms with Gasteiger partial charge in [0.2, 0.25) is 5.91 Å². The van der Waals surface area contributed by atoms with Crippen molar-refractivity contribution < 1.29 is 24.6 Å². The molecule has 0 saturated carbocycles. The van der Waals surface area contributed by atoms with Crippen molar-refractivity contribution in [3.8, 4) is 0 Å². The number of amides is 1. The van der Waals surface area contributed by atoms with E-state index in [0.717, 1.165) is 0 Å². The minimum Gasteiger partial charge on any atom is -0.481 e. The van der Waals surface area contributed by atoms with E-state index in [1.165, 1.54) is 6.92 Å². The molecule has 0 saturated heterocycles. The molecule has 0 aromatic heterocycles. The Bertz CT molecular complexity index is 452. The fourth-order valence-electron chi connectivity index (χ4n) is 1.44. The van der Waals surface area contributed by atoms with E-state index in [1.807, 2.05) is 0 Å². The van der Waals surface area contributed by atoms with Gasteiger partial charge in [-0.15, -0.1) is 0 Å². The van der Waals surface area contributed by atoms with Crippen molar-refractivity contribution in [2.45, 2.75) is 13.3 Å². The van der Waals surface area contributed by atoms with Crippen LogP contribution < -0.4 is 5.32 Å². The third kappa shape index (κ3) is 3.89. The number of hydrogen-bond donors (Lipinski definition) is 3. The number of carboxylic acid groups (broad SMARTS) is 2. The van der Waals surface area contributed by atoms with Crippen molar-refractivity contribution in [1.29, 1.82) is 0 Å². The van der Waals surface area contributed by atoms with E-state index in [1.54, 1.807) is 24.3 Å². The molecular weight excluding hydrogens is 238 g/mol. The van der Waals surface area contributed by atoms with Crippen LogP contribution >= 0.6 is 0 Å². The Balaban J connectivity index is 2.76. The van der Waals surface area contributed by atoms with Crippen LogP contribution in [0.15, 0.2) is 24.3 Å². The average Bonchev–Trinajstić information content (AvgIpc) is 2.26. The Morgan fingerprint density at radius 2 is 1.61 bits per heavy atom. The number of hydrogen-bond acceptors (Lipinski definition) is 3. The van der Waals surface area contributed by atoms with Crippen LogP contribution in [0.1, 0.15) is 12.5 Å². The molecule has 6 heteroatoms. The third-order valence-electron chi connectivity index (χ3n) is 2.31. The first kappa shape index (κ1) is 13.7. The first-order chi connectivity index (χ1) is 8.40. The van der Waals surface area contributed by atoms with E-state index in [2.05, 4.69) is 5.32 Å². The van der Waals surface area contributed by atoms with Crippen molar-refractivity contribution in [1.82, 2.24) is 0 Å². The van der Waals surface area contributed by atoms with Gasteiger partial charge in [0.15, 0.2) is 5.92 Å². The maximum Gasteiger partial charge on any atom is 0.318 e. The molecule has 0 aliphatic rings. The second-order valence-corrected chi connectivity index (χ2v) is 3.81. The van der Waals surface area contributed by atoms with E-state index in [-0.39, 0.29) is 12.3 Å². The highest BCUT2D eigenvalue weighted by atomic mass is 16.4. The Morgan fingerprint density at radius 3 is 2.00 bits per heavy atom. The lowest BCUT2D eigenvalue weighted by Gasteiger charge is -2.08. The summed E-state index contributed by atoms with van der Waals surface area (Å²) in [6.07, 6.45) is -0.0922. The Labute approximate surface area is 103 Å². The minimum atomic E-state index is -1.46. The lowest BCUT2D eigenvalue weighted by molar-refractivity contribution is -0.154. The standard InChI is InChI=1S/C12H13NO5/c1-7(14)13-9-4-2-8(3-5-9)6-10(11(15)16)12(17)18/h2-5,10H,6H2,1H3,(H,13,14)(H,15,16)(H,17,18). The second kappa shape index (κ2) is 5.81. The Morgan fingerprint density at radius 1 is 1.11 bits per heavy atom. The summed E-state index contributed by atoms with van der Waals surface area (Å²) in [6, 6.07) is 6.36. The second-order valence-electron chi connectivity index (χ2n) is 3.81. The van der Waals surface area contributed by atoms with Gasteiger partial charge in [0.25, 0.3) is 0 Å². The van der Waals surface area contributed by atoms with Gasteiger partial charge in [-0.3, -0.25) is 14.4 Å². The van der Waals surface area contributed by atoms with Crippen LogP contribution in [0.4, 0.5) is 5.69 Å². The highest BCUT2D eigenvalue weighted by Gasteiger charge is 2.25. The van der Waals surface area contributed by atoms with Gasteiger partial charge in [-0.1, -0.05) is 12.1 Å². The zero-order valence-corrected chi connectivity index (χ0v) is 9.71. The van der Waals surface area contributed by atoms with Crippen LogP contribution in [-0.4, -0.2) is 28.1 Å². The summed E-state index contributed by atoms with van der Waals surface area (Å²) in [5.74, 6) is -4.41. The number of nitrogens with one attached hydrogen (secondary N) is 1. The van der Waals surface area contributed by atoms with Crippen molar-refractivity contribution in [3.63, 3.8) is 0 Å². The van der Waals surface area contributed by atoms with E-state index in [9.17, 15) is 14.4 Å². The molecule has 1 aromatic carbocycles. The lowest BCUT2D eigenvalue weighted by Crippen LogP contribution is -2.25.